The number of likely N-dealkylation sites (tertiary alicyclic amines) is 1. The molecule has 1 unspecified atom stereocenters. The van der Waals surface area contributed by atoms with Crippen LogP contribution in [0.3, 0.4) is 0 Å². The molecule has 1 aromatic carbocycles. The topological polar surface area (TPSA) is 179 Å². The molecule has 1 aliphatic rings. The number of hydrogen-bond donors (Lipinski definition) is 4. The zero-order valence-corrected chi connectivity index (χ0v) is 37.3. The van der Waals surface area contributed by atoms with Crippen LogP contribution in [0.15, 0.2) is 30.3 Å². The van der Waals surface area contributed by atoms with Crippen molar-refractivity contribution < 1.29 is 43.3 Å². The van der Waals surface area contributed by atoms with Crippen LogP contribution in [0.4, 0.5) is 4.79 Å². The Hall–Kier alpha value is -3.79. The van der Waals surface area contributed by atoms with Gasteiger partial charge < -0.3 is 50.0 Å². The third-order valence-corrected chi connectivity index (χ3v) is 11.7. The Bertz CT molecular complexity index is 1450. The third kappa shape index (κ3) is 13.4. The smallest absolute Gasteiger partial charge is 0.410 e. The number of carbonyl (C=O) groups excluding carboxylic acids is 5. The Morgan fingerprint density at radius 1 is 0.897 bits per heavy atom. The van der Waals surface area contributed by atoms with Crippen molar-refractivity contribution in [3.63, 3.8) is 0 Å². The highest BCUT2D eigenvalue weighted by Gasteiger charge is 2.43. The molecule has 0 radical (unpaired) electrons. The molecule has 330 valence electrons. The second kappa shape index (κ2) is 24.3. The fraction of sp³-hybridized carbons (Fsp3) is 0.744. The van der Waals surface area contributed by atoms with Gasteiger partial charge in [-0.15, -0.1) is 0 Å². The average Bonchev–Trinajstić information content (AvgIpc) is 3.68. The van der Waals surface area contributed by atoms with Crippen LogP contribution in [0.25, 0.3) is 0 Å². The number of methoxy groups -OCH3 is 2. The molecule has 1 saturated heterocycles. The lowest BCUT2D eigenvalue weighted by atomic mass is 9.89. The van der Waals surface area contributed by atoms with Gasteiger partial charge in [-0.1, -0.05) is 85.2 Å². The van der Waals surface area contributed by atoms with E-state index < -0.39 is 60.5 Å². The number of rotatable bonds is 23. The molecule has 2 rings (SSSR count). The molecule has 10 atom stereocenters. The standard InChI is InChI=1S/C43H74N6O9/c1-14-28(6)37(48(11)42(54)36(27(4)5)46-41(53)35(44-9)26(2)3)33(56-12)25-34(51)49-22-18-21-32(49)38(57-13)29(7)40(52)45-30(8)39(31-19-16-15-17-20-31)58-43(55)47(10)23-24-50/h15-17,19-20,26-30,32-33,35-39,44,50H,14,18,21-25H2,1-13H3,(H,45,52)(H,46,53)/t28-,29+,30+,32-,33?,35-,36-,37-,38+,39+/m0/s1. The number of ether oxygens (including phenoxy) is 3. The van der Waals surface area contributed by atoms with Gasteiger partial charge in [0, 0.05) is 41.4 Å². The van der Waals surface area contributed by atoms with Crippen LogP contribution < -0.4 is 16.0 Å². The molecule has 1 aliphatic heterocycles. The Morgan fingerprint density at radius 3 is 2.03 bits per heavy atom. The Morgan fingerprint density at radius 2 is 1.52 bits per heavy atom. The van der Waals surface area contributed by atoms with Gasteiger partial charge in [-0.3, -0.25) is 19.2 Å². The van der Waals surface area contributed by atoms with Crippen LogP contribution >= 0.6 is 0 Å². The van der Waals surface area contributed by atoms with Crippen molar-refractivity contribution in [2.45, 2.75) is 130 Å². The van der Waals surface area contributed by atoms with E-state index in [1.807, 2.05) is 71.9 Å². The van der Waals surface area contributed by atoms with E-state index in [4.69, 9.17) is 14.2 Å². The highest BCUT2D eigenvalue weighted by molar-refractivity contribution is 5.90. The van der Waals surface area contributed by atoms with Crippen molar-refractivity contribution in [2.75, 3.05) is 55.1 Å². The summed E-state index contributed by atoms with van der Waals surface area (Å²) < 4.78 is 17.8. The first kappa shape index (κ1) is 50.4. The predicted octanol–water partition coefficient (Wildman–Crippen LogP) is 3.60. The summed E-state index contributed by atoms with van der Waals surface area (Å²) in [6, 6.07) is 6.37. The number of nitrogens with one attached hydrogen (secondary N) is 3. The summed E-state index contributed by atoms with van der Waals surface area (Å²) >= 11 is 0. The van der Waals surface area contributed by atoms with E-state index in [1.165, 1.54) is 19.1 Å². The van der Waals surface area contributed by atoms with Gasteiger partial charge in [0.2, 0.25) is 23.6 Å². The summed E-state index contributed by atoms with van der Waals surface area (Å²) in [7, 11) is 8.05. The van der Waals surface area contributed by atoms with Crippen molar-refractivity contribution in [3.8, 4) is 0 Å². The molecule has 0 aliphatic carbocycles. The Balaban J connectivity index is 2.29. The number of aliphatic hydroxyl groups excluding tert-OH is 1. The maximum absolute atomic E-state index is 14.3. The highest BCUT2D eigenvalue weighted by atomic mass is 16.6. The van der Waals surface area contributed by atoms with Crippen LogP contribution in [0.1, 0.15) is 92.7 Å². The molecule has 15 nitrogen and oxygen atoms in total. The number of carbonyl (C=O) groups is 5. The summed E-state index contributed by atoms with van der Waals surface area (Å²) in [5, 5.41) is 18.4. The van der Waals surface area contributed by atoms with Gasteiger partial charge in [0.25, 0.3) is 0 Å². The lowest BCUT2D eigenvalue weighted by molar-refractivity contribution is -0.148. The first-order valence-electron chi connectivity index (χ1n) is 20.9. The zero-order chi connectivity index (χ0) is 43.9. The number of nitrogens with zero attached hydrogens (tertiary/aromatic N) is 3. The molecule has 0 saturated carbocycles. The lowest BCUT2D eigenvalue weighted by Crippen LogP contribution is -2.59. The van der Waals surface area contributed by atoms with Crippen LogP contribution in [-0.2, 0) is 33.4 Å². The normalized spacial score (nSPS) is 19.0. The molecule has 1 heterocycles. The molecular formula is C43H74N6O9. The van der Waals surface area contributed by atoms with E-state index in [-0.39, 0.29) is 61.0 Å². The van der Waals surface area contributed by atoms with E-state index in [0.29, 0.717) is 18.5 Å². The molecule has 15 heteroatoms. The molecule has 0 spiro atoms. The first-order valence-corrected chi connectivity index (χ1v) is 20.9. The second-order valence-electron chi connectivity index (χ2n) is 16.5. The van der Waals surface area contributed by atoms with Gasteiger partial charge >= 0.3 is 6.09 Å². The average molecular weight is 819 g/mol. The fourth-order valence-corrected chi connectivity index (χ4v) is 8.02. The van der Waals surface area contributed by atoms with Gasteiger partial charge in [-0.25, -0.2) is 4.79 Å². The van der Waals surface area contributed by atoms with Gasteiger partial charge in [0.15, 0.2) is 0 Å². The molecule has 4 N–H and O–H groups in total. The van der Waals surface area contributed by atoms with Crippen molar-refractivity contribution >= 4 is 29.7 Å². The van der Waals surface area contributed by atoms with E-state index in [0.717, 1.165) is 12.8 Å². The molecule has 5 amide bonds. The van der Waals surface area contributed by atoms with Crippen LogP contribution in [0.2, 0.25) is 0 Å². The van der Waals surface area contributed by atoms with Gasteiger partial charge in [0.05, 0.1) is 55.3 Å². The third-order valence-electron chi connectivity index (χ3n) is 11.7. The van der Waals surface area contributed by atoms with Gasteiger partial charge in [-0.05, 0) is 50.1 Å². The summed E-state index contributed by atoms with van der Waals surface area (Å²) in [5.74, 6) is -1.91. The number of hydrogen-bond acceptors (Lipinski definition) is 10. The van der Waals surface area contributed by atoms with Crippen LogP contribution in [-0.4, -0.2) is 147 Å². The summed E-state index contributed by atoms with van der Waals surface area (Å²) in [4.78, 5) is 73.2. The molecule has 1 fully saturated rings. The number of likely N-dealkylation sites (N-methyl/N-ethyl adjacent to an activating group) is 3. The van der Waals surface area contributed by atoms with Crippen LogP contribution in [0.5, 0.6) is 0 Å². The largest absolute Gasteiger partial charge is 0.439 e. The van der Waals surface area contributed by atoms with E-state index in [1.54, 1.807) is 44.9 Å². The molecule has 0 bridgehead atoms. The van der Waals surface area contributed by atoms with Crippen molar-refractivity contribution in [3.05, 3.63) is 35.9 Å². The quantitative estimate of drug-likeness (QED) is 0.128. The SMILES string of the molecule is CC[C@H](C)[C@@H](C(CC(=O)N1CCC[C@H]1[C@H](OC)[C@@H](C)C(=O)N[C@H](C)[C@@H](OC(=O)N(C)CCO)c1ccccc1)OC)N(C)C(=O)[C@@H](NC(=O)[C@@H](NC)C(C)C)C(C)C. The zero-order valence-electron chi connectivity index (χ0n) is 37.3. The van der Waals surface area contributed by atoms with E-state index in [9.17, 15) is 29.1 Å². The highest BCUT2D eigenvalue weighted by Crippen LogP contribution is 2.30. The maximum atomic E-state index is 14.3. The van der Waals surface area contributed by atoms with Crippen molar-refractivity contribution in [1.82, 2.24) is 30.7 Å². The maximum Gasteiger partial charge on any atom is 0.410 e. The molecule has 1 aromatic rings. The first-order chi connectivity index (χ1) is 27.4. The minimum Gasteiger partial charge on any atom is -0.439 e. The minimum absolute atomic E-state index is 0.00357. The minimum atomic E-state index is -0.816. The van der Waals surface area contributed by atoms with Gasteiger partial charge in [-0.2, -0.15) is 0 Å². The molecular weight excluding hydrogens is 745 g/mol. The number of amides is 5. The van der Waals surface area contributed by atoms with E-state index in [2.05, 4.69) is 16.0 Å². The van der Waals surface area contributed by atoms with Gasteiger partial charge in [0.1, 0.15) is 12.1 Å². The summed E-state index contributed by atoms with van der Waals surface area (Å²) in [6.07, 6.45) is -0.689. The molecule has 58 heavy (non-hydrogen) atoms. The van der Waals surface area contributed by atoms with Crippen LogP contribution in [0, 0.1) is 23.7 Å². The summed E-state index contributed by atoms with van der Waals surface area (Å²) in [6.45, 7) is 15.6. The lowest BCUT2D eigenvalue weighted by Gasteiger charge is -2.41. The van der Waals surface area contributed by atoms with Crippen molar-refractivity contribution in [1.29, 1.82) is 0 Å². The van der Waals surface area contributed by atoms with Crippen molar-refractivity contribution in [2.24, 2.45) is 23.7 Å². The summed E-state index contributed by atoms with van der Waals surface area (Å²) in [5.41, 5.74) is 0.693. The predicted molar refractivity (Wildman–Crippen MR) is 224 cm³/mol. The van der Waals surface area contributed by atoms with E-state index >= 15 is 0 Å². The molecule has 0 aromatic heterocycles. The number of benzene rings is 1. The fourth-order valence-electron chi connectivity index (χ4n) is 8.02. The Labute approximate surface area is 347 Å². The monoisotopic (exact) mass is 819 g/mol. The second-order valence-corrected chi connectivity index (χ2v) is 16.5. The Kier molecular flexibility index (Phi) is 21.1. The number of aliphatic hydroxyl groups is 1.